The Kier molecular flexibility index (Phi) is 4.73. The van der Waals surface area contributed by atoms with Crippen LogP contribution in [0.5, 0.6) is 0 Å². The van der Waals surface area contributed by atoms with Gasteiger partial charge in [0, 0.05) is 52.2 Å². The molecule has 2 aliphatic rings. The zero-order chi connectivity index (χ0) is 15.5. The smallest absolute Gasteiger partial charge is 0.231 e. The van der Waals surface area contributed by atoms with E-state index in [0.29, 0.717) is 24.7 Å². The Labute approximate surface area is 131 Å². The zero-order valence-electron chi connectivity index (χ0n) is 13.5. The van der Waals surface area contributed by atoms with Crippen LogP contribution in [0.4, 0.5) is 0 Å². The van der Waals surface area contributed by atoms with Crippen LogP contribution in [-0.2, 0) is 4.79 Å². The van der Waals surface area contributed by atoms with Gasteiger partial charge in [-0.05, 0) is 20.4 Å². The Hall–Kier alpha value is -1.47. The van der Waals surface area contributed by atoms with Gasteiger partial charge < -0.3 is 19.2 Å². The maximum Gasteiger partial charge on any atom is 0.231 e. The molecule has 2 aliphatic heterocycles. The fraction of sp³-hybridized carbons (Fsp3) is 0.800. The fourth-order valence-electron chi connectivity index (χ4n) is 3.15. The molecular formula is C15H25N5O2. The molecule has 7 nitrogen and oxygen atoms in total. The van der Waals surface area contributed by atoms with Crippen molar-refractivity contribution in [1.29, 1.82) is 0 Å². The third-order valence-corrected chi connectivity index (χ3v) is 4.67. The molecule has 1 atom stereocenters. The summed E-state index contributed by atoms with van der Waals surface area (Å²) in [7, 11) is 2.14. The molecule has 1 aromatic rings. The molecule has 2 saturated heterocycles. The summed E-state index contributed by atoms with van der Waals surface area (Å²) in [5, 5.41) is 3.83. The van der Waals surface area contributed by atoms with E-state index in [1.54, 1.807) is 0 Å². The highest BCUT2D eigenvalue weighted by Crippen LogP contribution is 2.26. The SMILES string of the molecule is Cc1noc([C@H]2CCN(C(=O)CCN3CCN(C)CC3)C2)n1. The first-order chi connectivity index (χ1) is 10.6. The molecule has 0 bridgehead atoms. The predicted molar refractivity (Wildman–Crippen MR) is 81.5 cm³/mol. The molecule has 7 heteroatoms. The minimum atomic E-state index is 0.203. The second-order valence-electron chi connectivity index (χ2n) is 6.40. The van der Waals surface area contributed by atoms with E-state index in [1.165, 1.54) is 0 Å². The Morgan fingerprint density at radius 2 is 2.05 bits per heavy atom. The van der Waals surface area contributed by atoms with Gasteiger partial charge in [0.25, 0.3) is 0 Å². The first kappa shape index (κ1) is 15.4. The van der Waals surface area contributed by atoms with Gasteiger partial charge in [0.1, 0.15) is 0 Å². The van der Waals surface area contributed by atoms with E-state index < -0.39 is 0 Å². The van der Waals surface area contributed by atoms with Gasteiger partial charge in [-0.3, -0.25) is 4.79 Å². The maximum atomic E-state index is 12.4. The molecule has 2 fully saturated rings. The lowest BCUT2D eigenvalue weighted by molar-refractivity contribution is -0.130. The van der Waals surface area contributed by atoms with E-state index in [-0.39, 0.29) is 11.8 Å². The number of rotatable bonds is 4. The summed E-state index contributed by atoms with van der Waals surface area (Å²) in [5.41, 5.74) is 0. The van der Waals surface area contributed by atoms with Crippen molar-refractivity contribution < 1.29 is 9.32 Å². The standard InChI is InChI=1S/C15H25N5O2/c1-12-16-15(22-17-12)13-3-6-20(11-13)14(21)4-5-19-9-7-18(2)8-10-19/h13H,3-11H2,1-2H3/t13-/m0/s1. The summed E-state index contributed by atoms with van der Waals surface area (Å²) in [4.78, 5) is 23.3. The molecular weight excluding hydrogens is 282 g/mol. The number of hydrogen-bond acceptors (Lipinski definition) is 6. The number of carbonyl (C=O) groups is 1. The van der Waals surface area contributed by atoms with Crippen molar-refractivity contribution in [2.45, 2.75) is 25.7 Å². The lowest BCUT2D eigenvalue weighted by atomic mass is 10.1. The van der Waals surface area contributed by atoms with Crippen LogP contribution in [0.1, 0.15) is 30.5 Å². The number of hydrogen-bond donors (Lipinski definition) is 0. The van der Waals surface area contributed by atoms with Crippen molar-refractivity contribution in [2.75, 3.05) is 52.9 Å². The molecule has 1 amide bonds. The van der Waals surface area contributed by atoms with Crippen LogP contribution < -0.4 is 0 Å². The topological polar surface area (TPSA) is 65.7 Å². The summed E-state index contributed by atoms with van der Waals surface area (Å²) in [6.07, 6.45) is 1.53. The molecule has 0 aromatic carbocycles. The highest BCUT2D eigenvalue weighted by molar-refractivity contribution is 5.76. The van der Waals surface area contributed by atoms with Crippen molar-refractivity contribution in [3.63, 3.8) is 0 Å². The van der Waals surface area contributed by atoms with E-state index >= 15 is 0 Å². The molecule has 1 aromatic heterocycles. The van der Waals surface area contributed by atoms with Crippen LogP contribution >= 0.6 is 0 Å². The average Bonchev–Trinajstić information content (AvgIpc) is 3.15. The molecule has 0 saturated carbocycles. The van der Waals surface area contributed by atoms with Gasteiger partial charge in [-0.15, -0.1) is 0 Å². The zero-order valence-corrected chi connectivity index (χ0v) is 13.5. The van der Waals surface area contributed by atoms with Crippen LogP contribution in [0.25, 0.3) is 0 Å². The minimum Gasteiger partial charge on any atom is -0.342 e. The maximum absolute atomic E-state index is 12.4. The first-order valence-corrected chi connectivity index (χ1v) is 8.10. The van der Waals surface area contributed by atoms with E-state index in [9.17, 15) is 4.79 Å². The normalized spacial score (nSPS) is 24.1. The molecule has 3 heterocycles. The molecule has 3 rings (SSSR count). The van der Waals surface area contributed by atoms with Gasteiger partial charge in [-0.2, -0.15) is 4.98 Å². The molecule has 0 unspecified atom stereocenters. The van der Waals surface area contributed by atoms with Gasteiger partial charge in [-0.25, -0.2) is 0 Å². The Morgan fingerprint density at radius 3 is 2.73 bits per heavy atom. The Bertz CT molecular complexity index is 510. The van der Waals surface area contributed by atoms with Crippen LogP contribution in [-0.4, -0.2) is 83.6 Å². The van der Waals surface area contributed by atoms with E-state index in [0.717, 1.165) is 45.7 Å². The first-order valence-electron chi connectivity index (χ1n) is 8.10. The summed E-state index contributed by atoms with van der Waals surface area (Å²) in [6, 6.07) is 0. The number of amides is 1. The van der Waals surface area contributed by atoms with Crippen molar-refractivity contribution in [2.24, 2.45) is 0 Å². The van der Waals surface area contributed by atoms with Gasteiger partial charge in [0.05, 0.1) is 5.92 Å². The van der Waals surface area contributed by atoms with Gasteiger partial charge in [-0.1, -0.05) is 5.16 Å². The van der Waals surface area contributed by atoms with Crippen LogP contribution in [0.3, 0.4) is 0 Å². The summed E-state index contributed by atoms with van der Waals surface area (Å²) < 4.78 is 5.23. The highest BCUT2D eigenvalue weighted by atomic mass is 16.5. The number of piperazine rings is 1. The van der Waals surface area contributed by atoms with Crippen molar-refractivity contribution in [3.05, 3.63) is 11.7 Å². The Balaban J connectivity index is 1.43. The third kappa shape index (κ3) is 3.64. The lowest BCUT2D eigenvalue weighted by Crippen LogP contribution is -2.45. The monoisotopic (exact) mass is 307 g/mol. The van der Waals surface area contributed by atoms with E-state index in [2.05, 4.69) is 27.0 Å². The van der Waals surface area contributed by atoms with Crippen molar-refractivity contribution >= 4 is 5.91 Å². The highest BCUT2D eigenvalue weighted by Gasteiger charge is 2.30. The predicted octanol–water partition coefficient (Wildman–Crippen LogP) is 0.331. The van der Waals surface area contributed by atoms with Crippen LogP contribution in [0, 0.1) is 6.92 Å². The number of likely N-dealkylation sites (N-methyl/N-ethyl adjacent to an activating group) is 1. The number of carbonyl (C=O) groups excluding carboxylic acids is 1. The second kappa shape index (κ2) is 6.75. The number of aryl methyl sites for hydroxylation is 1. The van der Waals surface area contributed by atoms with E-state index in [4.69, 9.17) is 4.52 Å². The summed E-state index contributed by atoms with van der Waals surface area (Å²) >= 11 is 0. The molecule has 0 radical (unpaired) electrons. The molecule has 22 heavy (non-hydrogen) atoms. The molecule has 122 valence electrons. The fourth-order valence-corrected chi connectivity index (χ4v) is 3.15. The largest absolute Gasteiger partial charge is 0.342 e. The number of nitrogens with zero attached hydrogens (tertiary/aromatic N) is 5. The number of likely N-dealkylation sites (tertiary alicyclic amines) is 1. The second-order valence-corrected chi connectivity index (χ2v) is 6.40. The lowest BCUT2D eigenvalue weighted by Gasteiger charge is -2.32. The van der Waals surface area contributed by atoms with Crippen molar-refractivity contribution in [1.82, 2.24) is 24.8 Å². The van der Waals surface area contributed by atoms with Crippen LogP contribution in [0.15, 0.2) is 4.52 Å². The van der Waals surface area contributed by atoms with Crippen molar-refractivity contribution in [3.8, 4) is 0 Å². The Morgan fingerprint density at radius 1 is 1.27 bits per heavy atom. The minimum absolute atomic E-state index is 0.203. The van der Waals surface area contributed by atoms with Crippen LogP contribution in [0.2, 0.25) is 0 Å². The van der Waals surface area contributed by atoms with Gasteiger partial charge in [0.15, 0.2) is 5.82 Å². The quantitative estimate of drug-likeness (QED) is 0.799. The number of aromatic nitrogens is 2. The molecule has 0 N–H and O–H groups in total. The average molecular weight is 307 g/mol. The van der Waals surface area contributed by atoms with Gasteiger partial charge >= 0.3 is 0 Å². The van der Waals surface area contributed by atoms with Gasteiger partial charge in [0.2, 0.25) is 11.8 Å². The summed E-state index contributed by atoms with van der Waals surface area (Å²) in [6.45, 7) is 8.51. The van der Waals surface area contributed by atoms with E-state index in [1.807, 2.05) is 11.8 Å². The summed E-state index contributed by atoms with van der Waals surface area (Å²) in [5.74, 6) is 1.79. The molecule has 0 aliphatic carbocycles. The molecule has 0 spiro atoms. The third-order valence-electron chi connectivity index (χ3n) is 4.67.